The Morgan fingerprint density at radius 2 is 1.86 bits per heavy atom. The van der Waals surface area contributed by atoms with Crippen molar-refractivity contribution in [2.45, 2.75) is 38.6 Å². The molecule has 4 nitrogen and oxygen atoms in total. The Morgan fingerprint density at radius 1 is 1.14 bits per heavy atom. The molecule has 1 saturated carbocycles. The molecular weight excluding hydrogens is 264 g/mol. The summed E-state index contributed by atoms with van der Waals surface area (Å²) in [6, 6.07) is 7.96. The van der Waals surface area contributed by atoms with E-state index >= 15 is 0 Å². The number of carbonyl (C=O) groups excluding carboxylic acids is 2. The molecule has 1 aromatic carbocycles. The first kappa shape index (κ1) is 14.1. The van der Waals surface area contributed by atoms with Crippen LogP contribution in [0.2, 0.25) is 0 Å². The van der Waals surface area contributed by atoms with Crippen LogP contribution in [0.15, 0.2) is 24.3 Å². The van der Waals surface area contributed by atoms with E-state index in [9.17, 15) is 9.59 Å². The van der Waals surface area contributed by atoms with E-state index in [1.54, 1.807) is 0 Å². The monoisotopic (exact) mass is 286 g/mol. The lowest BCUT2D eigenvalue weighted by Crippen LogP contribution is -2.46. The summed E-state index contributed by atoms with van der Waals surface area (Å²) in [4.78, 5) is 26.1. The second kappa shape index (κ2) is 5.88. The van der Waals surface area contributed by atoms with E-state index in [2.05, 4.69) is 5.32 Å². The highest BCUT2D eigenvalue weighted by Crippen LogP contribution is 2.29. The van der Waals surface area contributed by atoms with Gasteiger partial charge in [0.1, 0.15) is 0 Å². The van der Waals surface area contributed by atoms with Crippen molar-refractivity contribution in [1.82, 2.24) is 10.2 Å². The number of piperidine rings is 1. The molecule has 1 aromatic rings. The van der Waals surface area contributed by atoms with Crippen molar-refractivity contribution in [3.63, 3.8) is 0 Å². The van der Waals surface area contributed by atoms with Crippen LogP contribution in [0.4, 0.5) is 0 Å². The number of benzene rings is 1. The summed E-state index contributed by atoms with van der Waals surface area (Å²) >= 11 is 0. The molecule has 1 N–H and O–H groups in total. The summed E-state index contributed by atoms with van der Waals surface area (Å²) in [7, 11) is 0. The predicted molar refractivity (Wildman–Crippen MR) is 81.0 cm³/mol. The lowest BCUT2D eigenvalue weighted by molar-refractivity contribution is -0.123. The van der Waals surface area contributed by atoms with Crippen molar-refractivity contribution >= 4 is 11.8 Å². The van der Waals surface area contributed by atoms with Crippen molar-refractivity contribution in [3.05, 3.63) is 35.4 Å². The molecule has 2 fully saturated rings. The van der Waals surface area contributed by atoms with Crippen LogP contribution in [-0.2, 0) is 4.79 Å². The van der Waals surface area contributed by atoms with Gasteiger partial charge in [0, 0.05) is 30.6 Å². The van der Waals surface area contributed by atoms with Gasteiger partial charge in [0.2, 0.25) is 5.91 Å². The quantitative estimate of drug-likeness (QED) is 0.925. The fraction of sp³-hybridized carbons (Fsp3) is 0.529. The van der Waals surface area contributed by atoms with Crippen LogP contribution in [0.5, 0.6) is 0 Å². The highest BCUT2D eigenvalue weighted by Gasteiger charge is 2.32. The summed E-state index contributed by atoms with van der Waals surface area (Å²) in [5.41, 5.74) is 1.86. The first-order chi connectivity index (χ1) is 10.1. The second-order valence-corrected chi connectivity index (χ2v) is 6.22. The van der Waals surface area contributed by atoms with Crippen molar-refractivity contribution < 1.29 is 9.59 Å². The Kier molecular flexibility index (Phi) is 3.95. The minimum absolute atomic E-state index is 0.102. The molecule has 1 aliphatic heterocycles. The Hall–Kier alpha value is -1.84. The highest BCUT2D eigenvalue weighted by molar-refractivity contribution is 5.94. The molecule has 0 radical (unpaired) electrons. The molecule has 112 valence electrons. The van der Waals surface area contributed by atoms with Crippen LogP contribution >= 0.6 is 0 Å². The number of carbonyl (C=O) groups is 2. The van der Waals surface area contributed by atoms with Gasteiger partial charge >= 0.3 is 0 Å². The van der Waals surface area contributed by atoms with Gasteiger partial charge in [-0.2, -0.15) is 0 Å². The van der Waals surface area contributed by atoms with Gasteiger partial charge in [-0.3, -0.25) is 9.59 Å². The molecule has 1 saturated heterocycles. The van der Waals surface area contributed by atoms with Gasteiger partial charge in [-0.1, -0.05) is 17.7 Å². The number of likely N-dealkylation sites (tertiary alicyclic amines) is 1. The molecule has 1 heterocycles. The first-order valence-electron chi connectivity index (χ1n) is 7.80. The third kappa shape index (κ3) is 3.43. The van der Waals surface area contributed by atoms with Gasteiger partial charge in [-0.25, -0.2) is 0 Å². The van der Waals surface area contributed by atoms with E-state index in [0.717, 1.165) is 49.9 Å². The van der Waals surface area contributed by atoms with E-state index in [1.165, 1.54) is 0 Å². The summed E-state index contributed by atoms with van der Waals surface area (Å²) in [6.07, 6.45) is 3.79. The molecule has 0 atom stereocenters. The fourth-order valence-corrected chi connectivity index (χ4v) is 2.85. The largest absolute Gasteiger partial charge is 0.353 e. The minimum Gasteiger partial charge on any atom is -0.353 e. The Morgan fingerprint density at radius 3 is 2.48 bits per heavy atom. The normalized spacial score (nSPS) is 19.4. The van der Waals surface area contributed by atoms with Crippen LogP contribution in [0.25, 0.3) is 0 Å². The zero-order valence-electron chi connectivity index (χ0n) is 12.5. The highest BCUT2D eigenvalue weighted by atomic mass is 16.2. The van der Waals surface area contributed by atoms with E-state index in [4.69, 9.17) is 0 Å². The lowest BCUT2D eigenvalue weighted by Gasteiger charge is -2.32. The third-order valence-electron chi connectivity index (χ3n) is 4.34. The molecule has 0 aromatic heterocycles. The van der Waals surface area contributed by atoms with Gasteiger partial charge < -0.3 is 10.2 Å². The maximum absolute atomic E-state index is 12.4. The molecule has 0 bridgehead atoms. The SMILES string of the molecule is Cc1cccc(C(=O)N2CCC(NC(=O)C3CC3)CC2)c1. The maximum atomic E-state index is 12.4. The fourth-order valence-electron chi connectivity index (χ4n) is 2.85. The average molecular weight is 286 g/mol. The van der Waals surface area contributed by atoms with Crippen molar-refractivity contribution in [2.24, 2.45) is 5.92 Å². The smallest absolute Gasteiger partial charge is 0.253 e. The molecule has 2 aliphatic rings. The molecule has 1 aliphatic carbocycles. The Bertz CT molecular complexity index is 543. The number of aryl methyl sites for hydroxylation is 1. The standard InChI is InChI=1S/C17H22N2O2/c1-12-3-2-4-14(11-12)17(21)19-9-7-15(8-10-19)18-16(20)13-5-6-13/h2-4,11,13,15H,5-10H2,1H3,(H,18,20). The number of rotatable bonds is 3. The number of nitrogens with one attached hydrogen (secondary N) is 1. The summed E-state index contributed by atoms with van der Waals surface area (Å²) in [5, 5.41) is 3.11. The zero-order chi connectivity index (χ0) is 14.8. The van der Waals surface area contributed by atoms with Crippen LogP contribution in [0.3, 0.4) is 0 Å². The van der Waals surface area contributed by atoms with Gasteiger partial charge in [-0.05, 0) is 44.7 Å². The molecule has 21 heavy (non-hydrogen) atoms. The van der Waals surface area contributed by atoms with E-state index in [-0.39, 0.29) is 23.8 Å². The van der Waals surface area contributed by atoms with Gasteiger partial charge in [0.05, 0.1) is 0 Å². The van der Waals surface area contributed by atoms with E-state index < -0.39 is 0 Å². The summed E-state index contributed by atoms with van der Waals surface area (Å²) < 4.78 is 0. The molecule has 3 rings (SSSR count). The van der Waals surface area contributed by atoms with Crippen molar-refractivity contribution in [3.8, 4) is 0 Å². The number of nitrogens with zero attached hydrogens (tertiary/aromatic N) is 1. The second-order valence-electron chi connectivity index (χ2n) is 6.22. The molecule has 2 amide bonds. The van der Waals surface area contributed by atoms with Gasteiger partial charge in [-0.15, -0.1) is 0 Å². The molecular formula is C17H22N2O2. The number of amides is 2. The van der Waals surface area contributed by atoms with Crippen LogP contribution in [0, 0.1) is 12.8 Å². The molecule has 0 spiro atoms. The molecule has 4 heteroatoms. The van der Waals surface area contributed by atoms with Crippen LogP contribution in [-0.4, -0.2) is 35.8 Å². The summed E-state index contributed by atoms with van der Waals surface area (Å²) in [6.45, 7) is 3.45. The Labute approximate surface area is 125 Å². The van der Waals surface area contributed by atoms with Crippen LogP contribution < -0.4 is 5.32 Å². The molecule has 0 unspecified atom stereocenters. The van der Waals surface area contributed by atoms with E-state index in [1.807, 2.05) is 36.1 Å². The van der Waals surface area contributed by atoms with Crippen LogP contribution in [0.1, 0.15) is 41.6 Å². The van der Waals surface area contributed by atoms with E-state index in [0.29, 0.717) is 0 Å². The topological polar surface area (TPSA) is 49.4 Å². The Balaban J connectivity index is 1.53. The predicted octanol–water partition coefficient (Wildman–Crippen LogP) is 2.13. The maximum Gasteiger partial charge on any atom is 0.253 e. The lowest BCUT2D eigenvalue weighted by atomic mass is 10.0. The van der Waals surface area contributed by atoms with Crippen molar-refractivity contribution in [1.29, 1.82) is 0 Å². The average Bonchev–Trinajstić information content (AvgIpc) is 3.32. The van der Waals surface area contributed by atoms with Gasteiger partial charge in [0.25, 0.3) is 5.91 Å². The van der Waals surface area contributed by atoms with Crippen molar-refractivity contribution in [2.75, 3.05) is 13.1 Å². The zero-order valence-corrected chi connectivity index (χ0v) is 12.5. The first-order valence-corrected chi connectivity index (χ1v) is 7.80. The third-order valence-corrected chi connectivity index (χ3v) is 4.34. The number of hydrogen-bond acceptors (Lipinski definition) is 2. The number of hydrogen-bond donors (Lipinski definition) is 1. The summed E-state index contributed by atoms with van der Waals surface area (Å²) in [5.74, 6) is 0.570. The van der Waals surface area contributed by atoms with Gasteiger partial charge in [0.15, 0.2) is 0 Å². The minimum atomic E-state index is 0.102.